The van der Waals surface area contributed by atoms with E-state index in [2.05, 4.69) is 11.4 Å². The third-order valence-electron chi connectivity index (χ3n) is 2.76. The third kappa shape index (κ3) is 2.66. The maximum Gasteiger partial charge on any atom is 0.365 e. The van der Waals surface area contributed by atoms with Crippen LogP contribution in [0.25, 0.3) is 5.70 Å². The molecule has 3 nitrogen and oxygen atoms in total. The van der Waals surface area contributed by atoms with Crippen molar-refractivity contribution in [2.75, 3.05) is 0 Å². The van der Waals surface area contributed by atoms with Crippen molar-refractivity contribution in [2.45, 2.75) is 13.5 Å². The first kappa shape index (κ1) is 13.3. The zero-order valence-corrected chi connectivity index (χ0v) is 10.4. The normalized spacial score (nSPS) is 16.1. The van der Waals surface area contributed by atoms with Crippen molar-refractivity contribution in [3.63, 3.8) is 0 Å². The Hall–Kier alpha value is -2.14. The lowest BCUT2D eigenvalue weighted by Crippen LogP contribution is -2.30. The Morgan fingerprint density at radius 3 is 2.47 bits per heavy atom. The monoisotopic (exact) mass is 264 g/mol. The molecule has 1 aromatic carbocycles. The predicted molar refractivity (Wildman–Crippen MR) is 69.4 cm³/mol. The maximum absolute atomic E-state index is 12.5. The van der Waals surface area contributed by atoms with E-state index in [-0.39, 0.29) is 5.70 Å². The summed E-state index contributed by atoms with van der Waals surface area (Å²) in [5.41, 5.74) is 8.24. The maximum atomic E-state index is 12.5. The van der Waals surface area contributed by atoms with Crippen molar-refractivity contribution in [1.82, 2.24) is 5.06 Å². The van der Waals surface area contributed by atoms with Crippen LogP contribution in [0.3, 0.4) is 0 Å². The van der Waals surface area contributed by atoms with Gasteiger partial charge in [0, 0.05) is 5.56 Å². The lowest BCUT2D eigenvalue weighted by molar-refractivity contribution is -0.239. The summed E-state index contributed by atoms with van der Waals surface area (Å²) in [6.07, 6.45) is 1.69. The number of benzene rings is 1. The molecule has 0 bridgehead atoms. The van der Waals surface area contributed by atoms with E-state index in [0.717, 1.165) is 16.2 Å². The second kappa shape index (κ2) is 5.24. The topological polar surface area (TPSA) is 38.5 Å². The van der Waals surface area contributed by atoms with Crippen LogP contribution in [0.15, 0.2) is 60.0 Å². The molecule has 1 heterocycles. The van der Waals surface area contributed by atoms with Crippen molar-refractivity contribution < 1.29 is 13.6 Å². The van der Waals surface area contributed by atoms with E-state index in [4.69, 9.17) is 5.73 Å². The molecule has 19 heavy (non-hydrogen) atoms. The zero-order chi connectivity index (χ0) is 14.0. The highest BCUT2D eigenvalue weighted by molar-refractivity contribution is 5.72. The van der Waals surface area contributed by atoms with Gasteiger partial charge in [0.25, 0.3) is 0 Å². The number of rotatable bonds is 3. The molecule has 1 aromatic rings. The van der Waals surface area contributed by atoms with Crippen LogP contribution in [0.4, 0.5) is 8.78 Å². The van der Waals surface area contributed by atoms with Gasteiger partial charge in [-0.1, -0.05) is 36.9 Å². The number of nitrogens with zero attached hydrogens (tertiary/aromatic N) is 1. The zero-order valence-electron chi connectivity index (χ0n) is 10.4. The molecule has 100 valence electrons. The van der Waals surface area contributed by atoms with Crippen molar-refractivity contribution in [3.05, 3.63) is 65.5 Å². The number of alkyl halides is 2. The Labute approximate surface area is 110 Å². The minimum Gasteiger partial charge on any atom is -0.397 e. The molecule has 1 aliphatic rings. The molecule has 0 atom stereocenters. The fraction of sp³-hybridized carbons (Fsp3) is 0.143. The molecular weight excluding hydrogens is 250 g/mol. The average molecular weight is 264 g/mol. The molecule has 2 N–H and O–H groups in total. The van der Waals surface area contributed by atoms with E-state index in [1.165, 1.54) is 0 Å². The van der Waals surface area contributed by atoms with E-state index in [0.29, 0.717) is 11.4 Å². The van der Waals surface area contributed by atoms with Gasteiger partial charge in [0.2, 0.25) is 0 Å². The Morgan fingerprint density at radius 1 is 1.26 bits per heavy atom. The lowest BCUT2D eigenvalue weighted by Gasteiger charge is -2.32. The summed E-state index contributed by atoms with van der Waals surface area (Å²) in [4.78, 5) is 4.53. The minimum atomic E-state index is -2.95. The van der Waals surface area contributed by atoms with E-state index in [9.17, 15) is 8.78 Å². The van der Waals surface area contributed by atoms with Crippen LogP contribution in [0.2, 0.25) is 0 Å². The third-order valence-corrected chi connectivity index (χ3v) is 2.76. The highest BCUT2D eigenvalue weighted by Gasteiger charge is 2.26. The summed E-state index contributed by atoms with van der Waals surface area (Å²) in [5.74, 6) is 0. The molecule has 0 saturated heterocycles. The highest BCUT2D eigenvalue weighted by atomic mass is 19.3. The van der Waals surface area contributed by atoms with E-state index in [1.807, 2.05) is 30.3 Å². The molecule has 0 saturated carbocycles. The summed E-state index contributed by atoms with van der Waals surface area (Å²) in [6.45, 7) is 2.51. The van der Waals surface area contributed by atoms with Crippen LogP contribution in [-0.2, 0) is 4.84 Å². The van der Waals surface area contributed by atoms with E-state index >= 15 is 0 Å². The molecule has 2 rings (SSSR count). The smallest absolute Gasteiger partial charge is 0.365 e. The van der Waals surface area contributed by atoms with E-state index in [1.54, 1.807) is 13.0 Å². The van der Waals surface area contributed by atoms with Crippen molar-refractivity contribution >= 4 is 5.70 Å². The van der Waals surface area contributed by atoms with Crippen LogP contribution in [0, 0.1) is 0 Å². The Balaban J connectivity index is 2.51. The fourth-order valence-electron chi connectivity index (χ4n) is 1.93. The fourth-order valence-corrected chi connectivity index (χ4v) is 1.93. The molecule has 5 heteroatoms. The molecule has 0 unspecified atom stereocenters. The van der Waals surface area contributed by atoms with Crippen LogP contribution in [0.5, 0.6) is 0 Å². The van der Waals surface area contributed by atoms with Gasteiger partial charge in [0.05, 0.1) is 17.1 Å². The first-order chi connectivity index (χ1) is 9.00. The van der Waals surface area contributed by atoms with Gasteiger partial charge >= 0.3 is 6.61 Å². The molecule has 0 amide bonds. The summed E-state index contributed by atoms with van der Waals surface area (Å²) in [7, 11) is 0. The molecular formula is C14H14F2N2O. The standard InChI is InChI=1S/C14H14F2N2O/c1-9-8-12(17)10(2)18(19-14(15)16)13(9)11-6-4-3-5-7-11/h3-8,14H,2,17H2,1H3. The lowest BCUT2D eigenvalue weighted by atomic mass is 10.0. The Morgan fingerprint density at radius 2 is 1.89 bits per heavy atom. The van der Waals surface area contributed by atoms with Crippen LogP contribution in [-0.4, -0.2) is 11.7 Å². The van der Waals surface area contributed by atoms with Gasteiger partial charge in [-0.05, 0) is 18.6 Å². The number of hydrogen-bond acceptors (Lipinski definition) is 3. The van der Waals surface area contributed by atoms with Gasteiger partial charge in [0.15, 0.2) is 0 Å². The molecule has 0 aliphatic carbocycles. The van der Waals surface area contributed by atoms with Crippen LogP contribution >= 0.6 is 0 Å². The molecule has 0 spiro atoms. The number of allylic oxidation sites excluding steroid dienone is 2. The summed E-state index contributed by atoms with van der Waals surface area (Å²) < 4.78 is 25.1. The number of halogens is 2. The quantitative estimate of drug-likeness (QED) is 0.910. The van der Waals surface area contributed by atoms with Crippen molar-refractivity contribution in [2.24, 2.45) is 5.73 Å². The Bertz CT molecular complexity index is 550. The summed E-state index contributed by atoms with van der Waals surface area (Å²) >= 11 is 0. The van der Waals surface area contributed by atoms with Gasteiger partial charge in [0.1, 0.15) is 0 Å². The predicted octanol–water partition coefficient (Wildman–Crippen LogP) is 3.24. The van der Waals surface area contributed by atoms with Gasteiger partial charge < -0.3 is 5.73 Å². The molecule has 1 aliphatic heterocycles. The number of hydrogen-bond donors (Lipinski definition) is 1. The molecule has 0 fully saturated rings. The summed E-state index contributed by atoms with van der Waals surface area (Å²) in [5, 5.41) is 0.991. The second-order valence-electron chi connectivity index (χ2n) is 4.10. The van der Waals surface area contributed by atoms with Gasteiger partial charge in [-0.25, -0.2) is 5.06 Å². The minimum absolute atomic E-state index is 0.199. The Kier molecular flexibility index (Phi) is 3.66. The highest BCUT2D eigenvalue weighted by Crippen LogP contribution is 2.34. The molecule has 0 radical (unpaired) electrons. The first-order valence-corrected chi connectivity index (χ1v) is 5.68. The van der Waals surface area contributed by atoms with E-state index < -0.39 is 6.61 Å². The average Bonchev–Trinajstić information content (AvgIpc) is 2.36. The van der Waals surface area contributed by atoms with Crippen LogP contribution in [0.1, 0.15) is 12.5 Å². The van der Waals surface area contributed by atoms with Gasteiger partial charge in [-0.2, -0.15) is 13.6 Å². The number of hydroxylamine groups is 2. The molecule has 0 aromatic heterocycles. The SMILES string of the molecule is C=C1C(N)=CC(C)=C(c2ccccc2)N1OC(F)F. The van der Waals surface area contributed by atoms with Gasteiger partial charge in [-0.3, -0.25) is 0 Å². The van der Waals surface area contributed by atoms with Gasteiger partial charge in [-0.15, -0.1) is 0 Å². The largest absolute Gasteiger partial charge is 0.397 e. The van der Waals surface area contributed by atoms with Crippen LogP contribution < -0.4 is 5.73 Å². The van der Waals surface area contributed by atoms with Crippen molar-refractivity contribution in [1.29, 1.82) is 0 Å². The first-order valence-electron chi connectivity index (χ1n) is 5.68. The van der Waals surface area contributed by atoms with Crippen molar-refractivity contribution in [3.8, 4) is 0 Å². The summed E-state index contributed by atoms with van der Waals surface area (Å²) in [6, 6.07) is 9.10. The number of nitrogens with two attached hydrogens (primary N) is 1. The second-order valence-corrected chi connectivity index (χ2v) is 4.10.